The van der Waals surface area contributed by atoms with Crippen LogP contribution in [0.15, 0.2) is 48.8 Å². The summed E-state index contributed by atoms with van der Waals surface area (Å²) < 4.78 is 5.34. The van der Waals surface area contributed by atoms with Crippen molar-refractivity contribution in [1.29, 1.82) is 0 Å². The van der Waals surface area contributed by atoms with Gasteiger partial charge in [-0.05, 0) is 43.2 Å². The first-order valence-corrected chi connectivity index (χ1v) is 10.9. The molecule has 2 saturated heterocycles. The smallest absolute Gasteiger partial charge is 0.254 e. The molecule has 5 rings (SSSR count). The molecule has 0 N–H and O–H groups in total. The highest BCUT2D eigenvalue weighted by atomic mass is 16.5. The third kappa shape index (κ3) is 3.87. The highest BCUT2D eigenvalue weighted by molar-refractivity contribution is 6.00. The highest BCUT2D eigenvalue weighted by Gasteiger charge is 2.24. The summed E-state index contributed by atoms with van der Waals surface area (Å²) in [4.78, 5) is 28.7. The molecule has 2 aliphatic rings. The largest absolute Gasteiger partial charge is 0.497 e. The molecule has 0 aliphatic carbocycles. The van der Waals surface area contributed by atoms with Gasteiger partial charge in [-0.2, -0.15) is 0 Å². The van der Waals surface area contributed by atoms with Crippen LogP contribution in [0.4, 0.5) is 11.5 Å². The Morgan fingerprint density at radius 2 is 1.71 bits per heavy atom. The second kappa shape index (κ2) is 8.41. The minimum absolute atomic E-state index is 0.0726. The molecule has 1 aromatic heterocycles. The van der Waals surface area contributed by atoms with E-state index in [-0.39, 0.29) is 5.91 Å². The number of anilines is 2. The van der Waals surface area contributed by atoms with Crippen LogP contribution in [0, 0.1) is 0 Å². The minimum atomic E-state index is 0.0726. The van der Waals surface area contributed by atoms with Crippen LogP contribution in [0.25, 0.3) is 10.9 Å². The maximum atomic E-state index is 13.3. The molecule has 0 spiro atoms. The SMILES string of the molecule is COc1cccc(N2CCN(C(=O)c3ccc4ncnc(N5CCCC5)c4c3)CC2)c1. The van der Waals surface area contributed by atoms with Gasteiger partial charge in [-0.1, -0.05) is 6.07 Å². The second-order valence-corrected chi connectivity index (χ2v) is 8.10. The number of hydrogen-bond acceptors (Lipinski definition) is 6. The van der Waals surface area contributed by atoms with Crippen molar-refractivity contribution in [2.75, 3.05) is 56.2 Å². The Bertz CT molecular complexity index is 1090. The zero-order chi connectivity index (χ0) is 21.2. The van der Waals surface area contributed by atoms with Gasteiger partial charge < -0.3 is 19.4 Å². The highest BCUT2D eigenvalue weighted by Crippen LogP contribution is 2.28. The quantitative estimate of drug-likeness (QED) is 0.650. The molecule has 1 amide bonds. The lowest BCUT2D eigenvalue weighted by Crippen LogP contribution is -2.48. The maximum absolute atomic E-state index is 13.3. The Morgan fingerprint density at radius 1 is 0.903 bits per heavy atom. The van der Waals surface area contributed by atoms with Gasteiger partial charge in [0.2, 0.25) is 0 Å². The number of amides is 1. The fourth-order valence-corrected chi connectivity index (χ4v) is 4.51. The van der Waals surface area contributed by atoms with E-state index in [4.69, 9.17) is 4.74 Å². The molecular weight excluding hydrogens is 390 g/mol. The summed E-state index contributed by atoms with van der Waals surface area (Å²) in [6.07, 6.45) is 3.98. The monoisotopic (exact) mass is 417 g/mol. The number of nitrogens with zero attached hydrogens (tertiary/aromatic N) is 5. The van der Waals surface area contributed by atoms with Crippen molar-refractivity contribution in [2.24, 2.45) is 0 Å². The van der Waals surface area contributed by atoms with E-state index < -0.39 is 0 Å². The van der Waals surface area contributed by atoms with E-state index in [2.05, 4.69) is 25.8 Å². The first-order valence-electron chi connectivity index (χ1n) is 10.9. The molecule has 160 valence electrons. The Morgan fingerprint density at radius 3 is 2.48 bits per heavy atom. The van der Waals surface area contributed by atoms with Crippen molar-refractivity contribution in [3.05, 3.63) is 54.4 Å². The lowest BCUT2D eigenvalue weighted by atomic mass is 10.1. The van der Waals surface area contributed by atoms with E-state index in [0.29, 0.717) is 18.7 Å². The number of rotatable bonds is 4. The number of ether oxygens (including phenoxy) is 1. The van der Waals surface area contributed by atoms with Gasteiger partial charge >= 0.3 is 0 Å². The first kappa shape index (κ1) is 19.6. The Labute approximate surface area is 182 Å². The number of carbonyl (C=O) groups excluding carboxylic acids is 1. The van der Waals surface area contributed by atoms with Crippen LogP contribution in [-0.4, -0.2) is 67.2 Å². The Kier molecular flexibility index (Phi) is 5.32. The van der Waals surface area contributed by atoms with E-state index in [1.807, 2.05) is 41.3 Å². The van der Waals surface area contributed by atoms with Crippen LogP contribution in [0.1, 0.15) is 23.2 Å². The first-order chi connectivity index (χ1) is 15.2. The molecule has 0 unspecified atom stereocenters. The molecule has 2 aliphatic heterocycles. The van der Waals surface area contributed by atoms with Crippen LogP contribution < -0.4 is 14.5 Å². The molecule has 2 aromatic carbocycles. The molecule has 31 heavy (non-hydrogen) atoms. The summed E-state index contributed by atoms with van der Waals surface area (Å²) in [5.41, 5.74) is 2.72. The van der Waals surface area contributed by atoms with Gasteiger partial charge in [0.05, 0.1) is 12.6 Å². The summed E-state index contributed by atoms with van der Waals surface area (Å²) >= 11 is 0. The van der Waals surface area contributed by atoms with Crippen molar-refractivity contribution in [1.82, 2.24) is 14.9 Å². The molecule has 0 bridgehead atoms. The van der Waals surface area contributed by atoms with Gasteiger partial charge in [0.1, 0.15) is 17.9 Å². The zero-order valence-corrected chi connectivity index (χ0v) is 17.8. The molecular formula is C24H27N5O2. The summed E-state index contributed by atoms with van der Waals surface area (Å²) in [5.74, 6) is 1.87. The Balaban J connectivity index is 1.33. The van der Waals surface area contributed by atoms with E-state index in [1.165, 1.54) is 12.8 Å². The van der Waals surface area contributed by atoms with Crippen LogP contribution in [0.3, 0.4) is 0 Å². The lowest BCUT2D eigenvalue weighted by molar-refractivity contribution is 0.0747. The predicted octanol–water partition coefficient (Wildman–Crippen LogP) is 3.20. The number of piperazine rings is 1. The second-order valence-electron chi connectivity index (χ2n) is 8.10. The zero-order valence-electron chi connectivity index (χ0n) is 17.8. The van der Waals surface area contributed by atoms with Crippen molar-refractivity contribution < 1.29 is 9.53 Å². The molecule has 0 atom stereocenters. The fourth-order valence-electron chi connectivity index (χ4n) is 4.51. The molecule has 0 radical (unpaired) electrons. The standard InChI is InChI=1S/C24H27N5O2/c1-31-20-6-4-5-19(16-20)27-11-13-29(14-12-27)24(30)18-7-8-22-21(15-18)23(26-17-25-22)28-9-2-3-10-28/h4-8,15-17H,2-3,9-14H2,1H3. The number of hydrogen-bond donors (Lipinski definition) is 0. The summed E-state index contributed by atoms with van der Waals surface area (Å²) in [7, 11) is 1.68. The predicted molar refractivity (Wildman–Crippen MR) is 122 cm³/mol. The van der Waals surface area contributed by atoms with Gasteiger partial charge in [0, 0.05) is 62.0 Å². The molecule has 7 nitrogen and oxygen atoms in total. The van der Waals surface area contributed by atoms with Gasteiger partial charge in [0.25, 0.3) is 5.91 Å². The van der Waals surface area contributed by atoms with E-state index in [0.717, 1.165) is 54.3 Å². The molecule has 3 heterocycles. The molecule has 2 fully saturated rings. The number of carbonyl (C=O) groups is 1. The molecule has 0 saturated carbocycles. The van der Waals surface area contributed by atoms with Crippen molar-refractivity contribution in [3.8, 4) is 5.75 Å². The number of fused-ring (bicyclic) bond motifs is 1. The van der Waals surface area contributed by atoms with E-state index in [1.54, 1.807) is 13.4 Å². The molecule has 3 aromatic rings. The summed E-state index contributed by atoms with van der Waals surface area (Å²) in [6, 6.07) is 13.9. The number of aromatic nitrogens is 2. The van der Waals surface area contributed by atoms with Crippen LogP contribution in [-0.2, 0) is 0 Å². The van der Waals surface area contributed by atoms with Crippen LogP contribution >= 0.6 is 0 Å². The Hall–Kier alpha value is -3.35. The third-order valence-electron chi connectivity index (χ3n) is 6.25. The topological polar surface area (TPSA) is 61.8 Å². The molecule has 7 heteroatoms. The van der Waals surface area contributed by atoms with Crippen LogP contribution in [0.2, 0.25) is 0 Å². The lowest BCUT2D eigenvalue weighted by Gasteiger charge is -2.36. The van der Waals surface area contributed by atoms with Gasteiger partial charge in [-0.25, -0.2) is 9.97 Å². The average molecular weight is 418 g/mol. The van der Waals surface area contributed by atoms with Gasteiger partial charge in [-0.15, -0.1) is 0 Å². The number of benzene rings is 2. The normalized spacial score (nSPS) is 16.7. The fraction of sp³-hybridized carbons (Fsp3) is 0.375. The minimum Gasteiger partial charge on any atom is -0.497 e. The van der Waals surface area contributed by atoms with E-state index >= 15 is 0 Å². The van der Waals surface area contributed by atoms with Crippen molar-refractivity contribution >= 4 is 28.3 Å². The van der Waals surface area contributed by atoms with Gasteiger partial charge in [0.15, 0.2) is 0 Å². The van der Waals surface area contributed by atoms with E-state index in [9.17, 15) is 4.79 Å². The maximum Gasteiger partial charge on any atom is 0.254 e. The van der Waals surface area contributed by atoms with Crippen molar-refractivity contribution in [3.63, 3.8) is 0 Å². The van der Waals surface area contributed by atoms with Gasteiger partial charge in [-0.3, -0.25) is 4.79 Å². The summed E-state index contributed by atoms with van der Waals surface area (Å²) in [6.45, 7) is 5.01. The van der Waals surface area contributed by atoms with Crippen LogP contribution in [0.5, 0.6) is 5.75 Å². The number of methoxy groups -OCH3 is 1. The average Bonchev–Trinajstić information content (AvgIpc) is 3.38. The summed E-state index contributed by atoms with van der Waals surface area (Å²) in [5, 5.41) is 0.963. The van der Waals surface area contributed by atoms with Crippen molar-refractivity contribution in [2.45, 2.75) is 12.8 Å². The third-order valence-corrected chi connectivity index (χ3v) is 6.25.